The van der Waals surface area contributed by atoms with E-state index in [0.717, 1.165) is 55.5 Å². The number of aryl methyl sites for hydroxylation is 1. The van der Waals surface area contributed by atoms with E-state index in [4.69, 9.17) is 0 Å². The zero-order valence-corrected chi connectivity index (χ0v) is 16.8. The highest BCUT2D eigenvalue weighted by molar-refractivity contribution is 5.94. The first kappa shape index (κ1) is 18.2. The first-order valence-corrected chi connectivity index (χ1v) is 10.5. The fourth-order valence-corrected chi connectivity index (χ4v) is 4.71. The van der Waals surface area contributed by atoms with E-state index in [0.29, 0.717) is 11.7 Å². The van der Waals surface area contributed by atoms with Gasteiger partial charge in [-0.3, -0.25) is 24.3 Å². The quantitative estimate of drug-likeness (QED) is 0.741. The number of fused-ring (bicyclic) bond motifs is 2. The molecule has 1 N–H and O–H groups in total. The van der Waals surface area contributed by atoms with Crippen molar-refractivity contribution in [1.29, 1.82) is 0 Å². The Hall–Kier alpha value is -2.80. The number of carbonyl (C=O) groups excluding carboxylic acids is 1. The molecule has 150 valence electrons. The summed E-state index contributed by atoms with van der Waals surface area (Å²) in [5.74, 6) is -0.0216. The Morgan fingerprint density at radius 3 is 2.90 bits per heavy atom. The summed E-state index contributed by atoms with van der Waals surface area (Å²) in [6.07, 6.45) is 8.92. The molecule has 0 unspecified atom stereocenters. The van der Waals surface area contributed by atoms with Crippen molar-refractivity contribution in [2.45, 2.75) is 51.2 Å². The molecule has 3 heterocycles. The Labute approximate surface area is 170 Å². The minimum absolute atomic E-state index is 0.0216. The summed E-state index contributed by atoms with van der Waals surface area (Å²) >= 11 is 0. The van der Waals surface area contributed by atoms with Gasteiger partial charge in [0.1, 0.15) is 0 Å². The molecule has 0 atom stereocenters. The molecule has 0 spiro atoms. The minimum atomic E-state index is -0.0216. The Balaban J connectivity index is 1.38. The van der Waals surface area contributed by atoms with Crippen molar-refractivity contribution < 1.29 is 4.79 Å². The van der Waals surface area contributed by atoms with Crippen molar-refractivity contribution in [1.82, 2.24) is 30.0 Å². The van der Waals surface area contributed by atoms with E-state index in [-0.39, 0.29) is 5.91 Å². The standard InChI is InChI=1S/C22H26N6O/c1-27-19-9-12-28(13-15-5-4-8-18-20(15)24-11-10-23-18)14-17(19)21(26-27)22(29)25-16-6-2-3-7-16/h4-5,8,10-11,16H,2-3,6-7,9,12-14H2,1H3,(H,25,29). The maximum Gasteiger partial charge on any atom is 0.272 e. The third-order valence-corrected chi connectivity index (χ3v) is 6.20. The van der Waals surface area contributed by atoms with Crippen LogP contribution in [0.4, 0.5) is 0 Å². The van der Waals surface area contributed by atoms with Gasteiger partial charge in [-0.25, -0.2) is 0 Å². The summed E-state index contributed by atoms with van der Waals surface area (Å²) in [7, 11) is 1.95. The molecule has 1 saturated carbocycles. The second-order valence-corrected chi connectivity index (χ2v) is 8.15. The molecule has 1 aliphatic heterocycles. The largest absolute Gasteiger partial charge is 0.348 e. The minimum Gasteiger partial charge on any atom is -0.348 e. The lowest BCUT2D eigenvalue weighted by molar-refractivity contribution is 0.0929. The molecule has 1 amide bonds. The summed E-state index contributed by atoms with van der Waals surface area (Å²) in [6.45, 7) is 2.45. The smallest absolute Gasteiger partial charge is 0.272 e. The molecule has 7 nitrogen and oxygen atoms in total. The van der Waals surface area contributed by atoms with Gasteiger partial charge < -0.3 is 5.32 Å². The lowest BCUT2D eigenvalue weighted by atomic mass is 10.0. The Morgan fingerprint density at radius 1 is 1.21 bits per heavy atom. The maximum atomic E-state index is 12.9. The van der Waals surface area contributed by atoms with Gasteiger partial charge in [0.2, 0.25) is 0 Å². The zero-order valence-electron chi connectivity index (χ0n) is 16.8. The highest BCUT2D eigenvalue weighted by Gasteiger charge is 2.29. The Bertz CT molecular complexity index is 1050. The SMILES string of the molecule is Cn1nc(C(=O)NC2CCCC2)c2c1CCN(Cc1cccc3nccnc13)C2. The molecule has 0 bridgehead atoms. The second kappa shape index (κ2) is 7.55. The molecule has 1 aromatic carbocycles. The van der Waals surface area contributed by atoms with Crippen molar-refractivity contribution in [3.63, 3.8) is 0 Å². The van der Waals surface area contributed by atoms with Crippen LogP contribution in [0.25, 0.3) is 11.0 Å². The molecule has 1 fully saturated rings. The van der Waals surface area contributed by atoms with Crippen molar-refractivity contribution in [3.05, 3.63) is 53.1 Å². The van der Waals surface area contributed by atoms with Crippen LogP contribution < -0.4 is 5.32 Å². The summed E-state index contributed by atoms with van der Waals surface area (Å²) in [5, 5.41) is 7.78. The number of carbonyl (C=O) groups is 1. The van der Waals surface area contributed by atoms with Crippen LogP contribution in [0.3, 0.4) is 0 Å². The lowest BCUT2D eigenvalue weighted by Crippen LogP contribution is -2.35. The monoisotopic (exact) mass is 390 g/mol. The van der Waals surface area contributed by atoms with E-state index < -0.39 is 0 Å². The number of rotatable bonds is 4. The molecule has 3 aromatic rings. The number of nitrogens with zero attached hydrogens (tertiary/aromatic N) is 5. The van der Waals surface area contributed by atoms with E-state index in [1.807, 2.05) is 23.9 Å². The molecule has 7 heteroatoms. The lowest BCUT2D eigenvalue weighted by Gasteiger charge is -2.27. The van der Waals surface area contributed by atoms with Gasteiger partial charge >= 0.3 is 0 Å². The van der Waals surface area contributed by atoms with E-state index in [1.54, 1.807) is 12.4 Å². The molecule has 5 rings (SSSR count). The highest BCUT2D eigenvalue weighted by atomic mass is 16.2. The molecule has 0 radical (unpaired) electrons. The number of nitrogens with one attached hydrogen (secondary N) is 1. The van der Waals surface area contributed by atoms with Crippen LogP contribution in [-0.4, -0.2) is 43.1 Å². The normalized spacial score (nSPS) is 17.6. The zero-order chi connectivity index (χ0) is 19.8. The predicted molar refractivity (Wildman–Crippen MR) is 110 cm³/mol. The van der Waals surface area contributed by atoms with Gasteiger partial charge in [-0.2, -0.15) is 5.10 Å². The number of hydrogen-bond acceptors (Lipinski definition) is 5. The van der Waals surface area contributed by atoms with Crippen molar-refractivity contribution in [2.75, 3.05) is 6.54 Å². The van der Waals surface area contributed by atoms with Crippen LogP contribution in [0.5, 0.6) is 0 Å². The molecule has 1 aliphatic carbocycles. The van der Waals surface area contributed by atoms with Crippen LogP contribution in [0.15, 0.2) is 30.6 Å². The van der Waals surface area contributed by atoms with Crippen molar-refractivity contribution >= 4 is 16.9 Å². The van der Waals surface area contributed by atoms with Gasteiger partial charge in [-0.05, 0) is 24.5 Å². The van der Waals surface area contributed by atoms with Gasteiger partial charge in [0.15, 0.2) is 5.69 Å². The van der Waals surface area contributed by atoms with E-state index in [1.165, 1.54) is 24.1 Å². The van der Waals surface area contributed by atoms with Crippen LogP contribution in [0.1, 0.15) is 53.0 Å². The Kier molecular flexibility index (Phi) is 4.75. The predicted octanol–water partition coefficient (Wildman–Crippen LogP) is 2.59. The third kappa shape index (κ3) is 3.51. The van der Waals surface area contributed by atoms with E-state index in [2.05, 4.69) is 31.3 Å². The van der Waals surface area contributed by atoms with Crippen molar-refractivity contribution in [3.8, 4) is 0 Å². The number of aromatic nitrogens is 4. The van der Waals surface area contributed by atoms with Gasteiger partial charge in [0.05, 0.1) is 11.0 Å². The summed E-state index contributed by atoms with van der Waals surface area (Å²) < 4.78 is 1.89. The van der Waals surface area contributed by atoms with Crippen molar-refractivity contribution in [2.24, 2.45) is 7.05 Å². The second-order valence-electron chi connectivity index (χ2n) is 8.15. The topological polar surface area (TPSA) is 75.9 Å². The molecule has 29 heavy (non-hydrogen) atoms. The number of benzene rings is 1. The molecule has 2 aromatic heterocycles. The third-order valence-electron chi connectivity index (χ3n) is 6.20. The van der Waals surface area contributed by atoms with E-state index in [9.17, 15) is 4.79 Å². The highest BCUT2D eigenvalue weighted by Crippen LogP contribution is 2.26. The number of amides is 1. The first-order valence-electron chi connectivity index (χ1n) is 10.5. The number of hydrogen-bond donors (Lipinski definition) is 1. The van der Waals surface area contributed by atoms with Gasteiger partial charge in [-0.1, -0.05) is 25.0 Å². The molecular weight excluding hydrogens is 364 g/mol. The first-order chi connectivity index (χ1) is 14.2. The van der Waals surface area contributed by atoms with Gasteiger partial charge in [-0.15, -0.1) is 0 Å². The molecule has 0 saturated heterocycles. The summed E-state index contributed by atoms with van der Waals surface area (Å²) in [4.78, 5) is 24.2. The average molecular weight is 390 g/mol. The van der Waals surface area contributed by atoms with Crippen LogP contribution in [-0.2, 0) is 26.6 Å². The fourth-order valence-electron chi connectivity index (χ4n) is 4.71. The average Bonchev–Trinajstić information content (AvgIpc) is 3.36. The van der Waals surface area contributed by atoms with Crippen LogP contribution >= 0.6 is 0 Å². The van der Waals surface area contributed by atoms with Gasteiger partial charge in [0, 0.05) is 62.8 Å². The van der Waals surface area contributed by atoms with Crippen LogP contribution in [0, 0.1) is 0 Å². The molecule has 2 aliphatic rings. The van der Waals surface area contributed by atoms with E-state index >= 15 is 0 Å². The summed E-state index contributed by atoms with van der Waals surface area (Å²) in [6, 6.07) is 6.44. The number of para-hydroxylation sites is 1. The van der Waals surface area contributed by atoms with Crippen LogP contribution in [0.2, 0.25) is 0 Å². The fraction of sp³-hybridized carbons (Fsp3) is 0.455. The molecular formula is C22H26N6O. The Morgan fingerprint density at radius 2 is 2.03 bits per heavy atom. The van der Waals surface area contributed by atoms with Gasteiger partial charge in [0.25, 0.3) is 5.91 Å². The summed E-state index contributed by atoms with van der Waals surface area (Å²) in [5.41, 5.74) is 5.87. The maximum absolute atomic E-state index is 12.9.